The SMILES string of the molecule is COc1ccc(C)cc1C=CC(=O)N1CCNC(=O)CC1. The van der Waals surface area contributed by atoms with Gasteiger partial charge in [0.15, 0.2) is 0 Å². The lowest BCUT2D eigenvalue weighted by Crippen LogP contribution is -2.32. The van der Waals surface area contributed by atoms with E-state index >= 15 is 0 Å². The molecular weight excluding hydrogens is 268 g/mol. The molecule has 0 aliphatic carbocycles. The zero-order valence-corrected chi connectivity index (χ0v) is 12.4. The molecule has 0 unspecified atom stereocenters. The average molecular weight is 288 g/mol. The van der Waals surface area contributed by atoms with Crippen molar-refractivity contribution >= 4 is 17.9 Å². The third-order valence-electron chi connectivity index (χ3n) is 3.42. The molecule has 2 amide bonds. The summed E-state index contributed by atoms with van der Waals surface area (Å²) in [6.07, 6.45) is 3.65. The summed E-state index contributed by atoms with van der Waals surface area (Å²) >= 11 is 0. The minimum Gasteiger partial charge on any atom is -0.496 e. The van der Waals surface area contributed by atoms with Gasteiger partial charge in [0.2, 0.25) is 11.8 Å². The molecular formula is C16H20N2O3. The molecule has 0 aromatic heterocycles. The highest BCUT2D eigenvalue weighted by atomic mass is 16.5. The zero-order valence-electron chi connectivity index (χ0n) is 12.4. The number of nitrogens with one attached hydrogen (secondary N) is 1. The summed E-state index contributed by atoms with van der Waals surface area (Å²) in [5, 5.41) is 2.75. The molecule has 1 saturated heterocycles. The van der Waals surface area contributed by atoms with E-state index in [1.807, 2.05) is 25.1 Å². The van der Waals surface area contributed by atoms with E-state index in [-0.39, 0.29) is 11.8 Å². The highest BCUT2D eigenvalue weighted by Crippen LogP contribution is 2.21. The van der Waals surface area contributed by atoms with Crippen LogP contribution in [0.2, 0.25) is 0 Å². The van der Waals surface area contributed by atoms with Crippen LogP contribution in [0.5, 0.6) is 5.75 Å². The Labute approximate surface area is 124 Å². The Morgan fingerprint density at radius 3 is 2.95 bits per heavy atom. The number of carbonyl (C=O) groups excluding carboxylic acids is 2. The third-order valence-corrected chi connectivity index (χ3v) is 3.42. The largest absolute Gasteiger partial charge is 0.496 e. The molecule has 21 heavy (non-hydrogen) atoms. The molecule has 0 atom stereocenters. The number of carbonyl (C=O) groups is 2. The van der Waals surface area contributed by atoms with Gasteiger partial charge in [0, 0.05) is 37.7 Å². The van der Waals surface area contributed by atoms with Crippen LogP contribution >= 0.6 is 0 Å². The van der Waals surface area contributed by atoms with Crippen LogP contribution in [-0.2, 0) is 9.59 Å². The molecule has 0 bridgehead atoms. The first-order valence-corrected chi connectivity index (χ1v) is 6.98. The summed E-state index contributed by atoms with van der Waals surface area (Å²) in [6.45, 7) is 3.50. The van der Waals surface area contributed by atoms with E-state index in [1.54, 1.807) is 18.1 Å². The van der Waals surface area contributed by atoms with E-state index < -0.39 is 0 Å². The molecule has 1 aromatic carbocycles. The van der Waals surface area contributed by atoms with Crippen molar-refractivity contribution < 1.29 is 14.3 Å². The number of amides is 2. The molecule has 1 fully saturated rings. The van der Waals surface area contributed by atoms with Gasteiger partial charge in [-0.1, -0.05) is 11.6 Å². The van der Waals surface area contributed by atoms with Crippen molar-refractivity contribution in [2.75, 3.05) is 26.7 Å². The molecule has 5 heteroatoms. The second kappa shape index (κ2) is 6.92. The van der Waals surface area contributed by atoms with E-state index in [0.29, 0.717) is 26.1 Å². The van der Waals surface area contributed by atoms with Gasteiger partial charge in [-0.05, 0) is 25.1 Å². The van der Waals surface area contributed by atoms with Gasteiger partial charge >= 0.3 is 0 Å². The van der Waals surface area contributed by atoms with Crippen molar-refractivity contribution in [2.45, 2.75) is 13.3 Å². The van der Waals surface area contributed by atoms with Crippen molar-refractivity contribution in [1.29, 1.82) is 0 Å². The maximum absolute atomic E-state index is 12.2. The summed E-state index contributed by atoms with van der Waals surface area (Å²) in [6, 6.07) is 5.81. The first-order valence-electron chi connectivity index (χ1n) is 6.98. The van der Waals surface area contributed by atoms with Gasteiger partial charge in [0.1, 0.15) is 5.75 Å². The van der Waals surface area contributed by atoms with Gasteiger partial charge in [-0.25, -0.2) is 0 Å². The number of aryl methyl sites for hydroxylation is 1. The van der Waals surface area contributed by atoms with Gasteiger partial charge in [-0.2, -0.15) is 0 Å². The van der Waals surface area contributed by atoms with E-state index in [0.717, 1.165) is 16.9 Å². The summed E-state index contributed by atoms with van der Waals surface area (Å²) in [4.78, 5) is 25.1. The molecule has 1 N–H and O–H groups in total. The van der Waals surface area contributed by atoms with E-state index in [2.05, 4.69) is 5.32 Å². The van der Waals surface area contributed by atoms with Gasteiger partial charge in [-0.3, -0.25) is 9.59 Å². The minimum absolute atomic E-state index is 0.00497. The Morgan fingerprint density at radius 2 is 2.19 bits per heavy atom. The topological polar surface area (TPSA) is 58.6 Å². The summed E-state index contributed by atoms with van der Waals surface area (Å²) in [5.41, 5.74) is 1.97. The molecule has 1 aliphatic rings. The van der Waals surface area contributed by atoms with Crippen molar-refractivity contribution in [2.24, 2.45) is 0 Å². The van der Waals surface area contributed by atoms with Crippen molar-refractivity contribution in [1.82, 2.24) is 10.2 Å². The Morgan fingerprint density at radius 1 is 1.38 bits per heavy atom. The third kappa shape index (κ3) is 4.08. The molecule has 0 saturated carbocycles. The highest BCUT2D eigenvalue weighted by molar-refractivity contribution is 5.92. The van der Waals surface area contributed by atoms with Gasteiger partial charge in [0.05, 0.1) is 7.11 Å². The van der Waals surface area contributed by atoms with Crippen molar-refractivity contribution in [3.05, 3.63) is 35.4 Å². The second-order valence-electron chi connectivity index (χ2n) is 5.00. The predicted molar refractivity (Wildman–Crippen MR) is 81.0 cm³/mol. The monoisotopic (exact) mass is 288 g/mol. The predicted octanol–water partition coefficient (Wildman–Crippen LogP) is 1.37. The van der Waals surface area contributed by atoms with Gasteiger partial charge < -0.3 is 15.0 Å². The molecule has 0 radical (unpaired) electrons. The fourth-order valence-corrected chi connectivity index (χ4v) is 2.24. The molecule has 2 rings (SSSR count). The second-order valence-corrected chi connectivity index (χ2v) is 5.00. The van der Waals surface area contributed by atoms with E-state index in [9.17, 15) is 9.59 Å². The molecule has 112 valence electrons. The van der Waals surface area contributed by atoms with Crippen LogP contribution in [0, 0.1) is 6.92 Å². The first-order chi connectivity index (χ1) is 10.1. The van der Waals surface area contributed by atoms with E-state index in [4.69, 9.17) is 4.74 Å². The molecule has 0 spiro atoms. The standard InChI is InChI=1S/C16H20N2O3/c1-12-3-5-14(21-2)13(11-12)4-6-16(20)18-9-7-15(19)17-8-10-18/h3-6,11H,7-10H2,1-2H3,(H,17,19). The molecule has 5 nitrogen and oxygen atoms in total. The zero-order chi connectivity index (χ0) is 15.2. The van der Waals surface area contributed by atoms with Crippen LogP contribution in [0.15, 0.2) is 24.3 Å². The number of hydrogen-bond donors (Lipinski definition) is 1. The van der Waals surface area contributed by atoms with Crippen LogP contribution in [0.1, 0.15) is 17.5 Å². The van der Waals surface area contributed by atoms with Crippen LogP contribution in [-0.4, -0.2) is 43.5 Å². The van der Waals surface area contributed by atoms with Gasteiger partial charge in [-0.15, -0.1) is 0 Å². The molecule has 1 aliphatic heterocycles. The fraction of sp³-hybridized carbons (Fsp3) is 0.375. The maximum Gasteiger partial charge on any atom is 0.246 e. The van der Waals surface area contributed by atoms with Crippen molar-refractivity contribution in [3.63, 3.8) is 0 Å². The Bertz CT molecular complexity index is 567. The number of benzene rings is 1. The number of hydrogen-bond acceptors (Lipinski definition) is 3. The van der Waals surface area contributed by atoms with Crippen molar-refractivity contribution in [3.8, 4) is 5.75 Å². The normalized spacial score (nSPS) is 15.7. The number of ether oxygens (including phenoxy) is 1. The first kappa shape index (κ1) is 15.1. The Kier molecular flexibility index (Phi) is 4.98. The summed E-state index contributed by atoms with van der Waals surface area (Å²) < 4.78 is 5.28. The lowest BCUT2D eigenvalue weighted by Gasteiger charge is -2.17. The minimum atomic E-state index is -0.0879. The van der Waals surface area contributed by atoms with Crippen LogP contribution in [0.3, 0.4) is 0 Å². The Balaban J connectivity index is 2.08. The van der Waals surface area contributed by atoms with Crippen LogP contribution < -0.4 is 10.1 Å². The summed E-state index contributed by atoms with van der Waals surface area (Å²) in [7, 11) is 1.61. The van der Waals surface area contributed by atoms with E-state index in [1.165, 1.54) is 6.08 Å². The van der Waals surface area contributed by atoms with Crippen LogP contribution in [0.25, 0.3) is 6.08 Å². The highest BCUT2D eigenvalue weighted by Gasteiger charge is 2.16. The summed E-state index contributed by atoms with van der Waals surface area (Å²) in [5.74, 6) is 0.641. The van der Waals surface area contributed by atoms with Crippen LogP contribution in [0.4, 0.5) is 0 Å². The fourth-order valence-electron chi connectivity index (χ4n) is 2.24. The number of rotatable bonds is 3. The molecule has 1 heterocycles. The smallest absolute Gasteiger partial charge is 0.246 e. The quantitative estimate of drug-likeness (QED) is 0.855. The maximum atomic E-state index is 12.2. The lowest BCUT2D eigenvalue weighted by molar-refractivity contribution is -0.125. The number of nitrogens with zero attached hydrogens (tertiary/aromatic N) is 1. The lowest BCUT2D eigenvalue weighted by atomic mass is 10.1. The average Bonchev–Trinajstić information content (AvgIpc) is 2.69. The molecule has 1 aromatic rings. The Hall–Kier alpha value is -2.30. The van der Waals surface area contributed by atoms with Gasteiger partial charge in [0.25, 0.3) is 0 Å². The number of methoxy groups -OCH3 is 1.